The molecular formula is C21H23FN4O3. The van der Waals surface area contributed by atoms with Gasteiger partial charge in [0, 0.05) is 22.2 Å². The first kappa shape index (κ1) is 20.3. The first-order valence-electron chi connectivity index (χ1n) is 9.35. The average Bonchev–Trinajstić information content (AvgIpc) is 3.24. The van der Waals surface area contributed by atoms with Gasteiger partial charge in [-0.15, -0.1) is 0 Å². The second-order valence-corrected chi connectivity index (χ2v) is 6.36. The number of halogens is 1. The lowest BCUT2D eigenvalue weighted by Crippen LogP contribution is -2.06. The Kier molecular flexibility index (Phi) is 5.81. The third-order valence-corrected chi connectivity index (χ3v) is 4.22. The van der Waals surface area contributed by atoms with E-state index in [9.17, 15) is 9.18 Å². The number of Topliss-reactive ketones (excluding diaryl/α,β-unsaturated/α-hetero) is 1. The fourth-order valence-electron chi connectivity index (χ4n) is 2.98. The zero-order valence-corrected chi connectivity index (χ0v) is 17.0. The quantitative estimate of drug-likeness (QED) is 0.524. The molecule has 0 amide bonds. The smallest absolute Gasteiger partial charge is 0.247 e. The maximum atomic E-state index is 14.8. The van der Waals surface area contributed by atoms with Gasteiger partial charge in [-0.05, 0) is 39.0 Å². The topological polar surface area (TPSA) is 81.5 Å². The Balaban J connectivity index is 0.00000117. The van der Waals surface area contributed by atoms with Gasteiger partial charge in [-0.2, -0.15) is 10.1 Å². The third-order valence-electron chi connectivity index (χ3n) is 4.22. The van der Waals surface area contributed by atoms with Crippen molar-refractivity contribution in [3.8, 4) is 17.4 Å². The number of ether oxygens (including phenoxy) is 2. The van der Waals surface area contributed by atoms with Crippen LogP contribution in [0.4, 0.5) is 4.39 Å². The van der Waals surface area contributed by atoms with Crippen molar-refractivity contribution in [1.29, 1.82) is 0 Å². The SMILES string of the molecule is CC.CC(=O)COc1cn2ncnc(Oc3ccc4[nH]c(C)cc4c3F)c2c1C. The van der Waals surface area contributed by atoms with Crippen LogP contribution in [0.3, 0.4) is 0 Å². The molecule has 0 aliphatic rings. The van der Waals surface area contributed by atoms with Gasteiger partial charge in [0.2, 0.25) is 5.88 Å². The normalized spacial score (nSPS) is 10.7. The Morgan fingerprint density at radius 3 is 2.72 bits per heavy atom. The van der Waals surface area contributed by atoms with E-state index >= 15 is 0 Å². The Bertz CT molecular complexity index is 1180. The van der Waals surface area contributed by atoms with Gasteiger partial charge in [0.15, 0.2) is 17.3 Å². The molecule has 0 radical (unpaired) electrons. The highest BCUT2D eigenvalue weighted by Gasteiger charge is 2.18. The predicted molar refractivity (Wildman–Crippen MR) is 108 cm³/mol. The van der Waals surface area contributed by atoms with E-state index in [4.69, 9.17) is 9.47 Å². The molecule has 4 aromatic rings. The maximum Gasteiger partial charge on any atom is 0.247 e. The molecule has 0 saturated carbocycles. The zero-order chi connectivity index (χ0) is 21.1. The van der Waals surface area contributed by atoms with E-state index in [1.165, 1.54) is 17.8 Å². The average molecular weight is 398 g/mol. The summed E-state index contributed by atoms with van der Waals surface area (Å²) in [5.41, 5.74) is 2.80. The summed E-state index contributed by atoms with van der Waals surface area (Å²) < 4.78 is 27.6. The van der Waals surface area contributed by atoms with Crippen molar-refractivity contribution in [2.24, 2.45) is 0 Å². The molecule has 7 nitrogen and oxygen atoms in total. The molecular weight excluding hydrogens is 375 g/mol. The second-order valence-electron chi connectivity index (χ2n) is 6.36. The number of carbonyl (C=O) groups excluding carboxylic acids is 1. The number of hydrogen-bond donors (Lipinski definition) is 1. The summed E-state index contributed by atoms with van der Waals surface area (Å²) >= 11 is 0. The van der Waals surface area contributed by atoms with Gasteiger partial charge in [-0.1, -0.05) is 13.8 Å². The van der Waals surface area contributed by atoms with E-state index in [0.717, 1.165) is 5.69 Å². The summed E-state index contributed by atoms with van der Waals surface area (Å²) in [6.45, 7) is 9.07. The van der Waals surface area contributed by atoms with Crippen LogP contribution in [0.15, 0.2) is 30.7 Å². The van der Waals surface area contributed by atoms with Crippen molar-refractivity contribution in [1.82, 2.24) is 19.6 Å². The molecule has 1 N–H and O–H groups in total. The van der Waals surface area contributed by atoms with Crippen LogP contribution in [0.5, 0.6) is 17.4 Å². The zero-order valence-electron chi connectivity index (χ0n) is 17.0. The lowest BCUT2D eigenvalue weighted by molar-refractivity contribution is -0.118. The summed E-state index contributed by atoms with van der Waals surface area (Å²) in [6, 6.07) is 5.03. The molecule has 3 aromatic heterocycles. The van der Waals surface area contributed by atoms with Crippen LogP contribution in [0.25, 0.3) is 16.4 Å². The number of rotatable bonds is 5. The first-order chi connectivity index (χ1) is 13.9. The highest BCUT2D eigenvalue weighted by atomic mass is 19.1. The molecule has 0 spiro atoms. The standard InChI is InChI=1S/C19H17FN4O3.C2H6/c1-10-6-13-14(23-10)4-5-15(17(13)20)27-19-18-12(3)16(26-8-11(2)25)7-24(18)22-9-21-19;1-2/h4-7,9,23H,8H2,1-3H3;1-2H3. The minimum atomic E-state index is -0.467. The van der Waals surface area contributed by atoms with Gasteiger partial charge in [0.05, 0.1) is 6.20 Å². The third kappa shape index (κ3) is 3.91. The van der Waals surface area contributed by atoms with Crippen molar-refractivity contribution in [2.75, 3.05) is 6.61 Å². The lowest BCUT2D eigenvalue weighted by atomic mass is 10.2. The van der Waals surface area contributed by atoms with Gasteiger partial charge < -0.3 is 14.5 Å². The number of fused-ring (bicyclic) bond motifs is 2. The molecule has 29 heavy (non-hydrogen) atoms. The number of aryl methyl sites for hydroxylation is 2. The van der Waals surface area contributed by atoms with Crippen molar-refractivity contribution in [3.05, 3.63) is 47.8 Å². The Morgan fingerprint density at radius 2 is 2.00 bits per heavy atom. The number of ketones is 1. The maximum absolute atomic E-state index is 14.8. The molecule has 0 fully saturated rings. The molecule has 8 heteroatoms. The molecule has 3 heterocycles. The molecule has 152 valence electrons. The van der Waals surface area contributed by atoms with Gasteiger partial charge in [0.25, 0.3) is 0 Å². The van der Waals surface area contributed by atoms with Crippen LogP contribution in [0, 0.1) is 19.7 Å². The largest absolute Gasteiger partial charge is 0.484 e. The molecule has 1 aromatic carbocycles. The number of aromatic nitrogens is 4. The molecule has 4 rings (SSSR count). The van der Waals surface area contributed by atoms with Gasteiger partial charge in [-0.3, -0.25) is 4.79 Å². The van der Waals surface area contributed by atoms with E-state index in [-0.39, 0.29) is 24.0 Å². The van der Waals surface area contributed by atoms with E-state index in [0.29, 0.717) is 27.7 Å². The molecule has 0 unspecified atom stereocenters. The van der Waals surface area contributed by atoms with Crippen molar-refractivity contribution >= 4 is 22.2 Å². The van der Waals surface area contributed by atoms with Gasteiger partial charge >= 0.3 is 0 Å². The molecule has 0 aliphatic heterocycles. The summed E-state index contributed by atoms with van der Waals surface area (Å²) in [7, 11) is 0. The number of hydrogen-bond acceptors (Lipinski definition) is 5. The molecule has 0 saturated heterocycles. The van der Waals surface area contributed by atoms with E-state index in [1.54, 1.807) is 31.3 Å². The van der Waals surface area contributed by atoms with Crippen molar-refractivity contribution in [2.45, 2.75) is 34.6 Å². The number of H-pyrrole nitrogens is 1. The second kappa shape index (κ2) is 8.30. The lowest BCUT2D eigenvalue weighted by Gasteiger charge is -2.08. The van der Waals surface area contributed by atoms with Crippen LogP contribution in [0.1, 0.15) is 32.0 Å². The Hall–Kier alpha value is -3.42. The Labute approximate surface area is 167 Å². The summed E-state index contributed by atoms with van der Waals surface area (Å²) in [4.78, 5) is 18.4. The van der Waals surface area contributed by atoms with Crippen LogP contribution < -0.4 is 9.47 Å². The minimum Gasteiger partial charge on any atom is -0.484 e. The minimum absolute atomic E-state index is 0.0422. The monoisotopic (exact) mass is 398 g/mol. The van der Waals surface area contributed by atoms with Crippen LogP contribution >= 0.6 is 0 Å². The van der Waals surface area contributed by atoms with E-state index in [2.05, 4.69) is 15.1 Å². The molecule has 0 atom stereocenters. The Morgan fingerprint density at radius 1 is 1.24 bits per heavy atom. The fourth-order valence-corrected chi connectivity index (χ4v) is 2.98. The van der Waals surface area contributed by atoms with Gasteiger partial charge in [0.1, 0.15) is 24.2 Å². The number of nitrogens with zero attached hydrogens (tertiary/aromatic N) is 3. The van der Waals surface area contributed by atoms with Gasteiger partial charge in [-0.25, -0.2) is 8.91 Å². The number of nitrogens with one attached hydrogen (secondary N) is 1. The fraction of sp³-hybridized carbons (Fsp3) is 0.286. The highest BCUT2D eigenvalue weighted by Crippen LogP contribution is 2.34. The summed E-state index contributed by atoms with van der Waals surface area (Å²) in [5.74, 6) is 0.197. The van der Waals surface area contributed by atoms with Crippen molar-refractivity contribution in [3.63, 3.8) is 0 Å². The number of aromatic amines is 1. The number of carbonyl (C=O) groups is 1. The van der Waals surface area contributed by atoms with Crippen LogP contribution in [-0.2, 0) is 4.79 Å². The van der Waals surface area contributed by atoms with E-state index < -0.39 is 5.82 Å². The first-order valence-corrected chi connectivity index (χ1v) is 9.35. The van der Waals surface area contributed by atoms with Crippen LogP contribution in [0.2, 0.25) is 0 Å². The highest BCUT2D eigenvalue weighted by molar-refractivity contribution is 5.83. The van der Waals surface area contributed by atoms with Crippen molar-refractivity contribution < 1.29 is 18.7 Å². The molecule has 0 bridgehead atoms. The number of benzene rings is 1. The predicted octanol–water partition coefficient (Wildman–Crippen LogP) is 4.75. The summed E-state index contributed by atoms with van der Waals surface area (Å²) in [6.07, 6.45) is 2.95. The summed E-state index contributed by atoms with van der Waals surface area (Å²) in [5, 5.41) is 4.58. The molecule has 0 aliphatic carbocycles. The van der Waals surface area contributed by atoms with Crippen LogP contribution in [-0.4, -0.2) is 32.0 Å². The van der Waals surface area contributed by atoms with E-state index in [1.807, 2.05) is 20.8 Å².